The molecule has 0 radical (unpaired) electrons. The van der Waals surface area contributed by atoms with E-state index in [0.717, 1.165) is 12.0 Å². The van der Waals surface area contributed by atoms with E-state index in [1.165, 1.54) is 0 Å². The molecular weight excluding hydrogens is 300 g/mol. The Balaban J connectivity index is 0.00000242. The zero-order valence-corrected chi connectivity index (χ0v) is 13.7. The Hall–Kier alpha value is -1.85. The molecule has 1 aromatic heterocycles. The number of nitrogens with two attached hydrogens (primary N) is 1. The van der Waals surface area contributed by atoms with Gasteiger partial charge >= 0.3 is 0 Å². The van der Waals surface area contributed by atoms with Crippen LogP contribution in [0.5, 0.6) is 0 Å². The molecule has 6 heteroatoms. The Kier molecular flexibility index (Phi) is 7.08. The van der Waals surface area contributed by atoms with Crippen molar-refractivity contribution in [3.05, 3.63) is 48.3 Å². The molecule has 0 aliphatic rings. The number of carbonyl (C=O) groups is 1. The number of amides is 1. The zero-order valence-electron chi connectivity index (χ0n) is 12.9. The molecule has 5 nitrogen and oxygen atoms in total. The van der Waals surface area contributed by atoms with Crippen LogP contribution in [0.1, 0.15) is 25.8 Å². The lowest BCUT2D eigenvalue weighted by molar-refractivity contribution is -0.118. The molecule has 22 heavy (non-hydrogen) atoms. The number of benzene rings is 1. The highest BCUT2D eigenvalue weighted by Crippen LogP contribution is 2.11. The standard InChI is InChI=1S/C16H22N4O.ClH/c1-3-12(2)15(17)16(21)19-14-9-18-20(11-14)10-13-7-5-4-6-8-13;/h4-9,11-12,15H,3,10,17H2,1-2H3,(H,19,21);1H. The predicted octanol–water partition coefficient (Wildman–Crippen LogP) is 2.67. The van der Waals surface area contributed by atoms with Crippen molar-refractivity contribution >= 4 is 24.0 Å². The molecule has 2 atom stereocenters. The first kappa shape index (κ1) is 18.2. The molecule has 2 rings (SSSR count). The second-order valence-corrected chi connectivity index (χ2v) is 5.31. The van der Waals surface area contributed by atoms with Gasteiger partial charge in [-0.1, -0.05) is 50.6 Å². The summed E-state index contributed by atoms with van der Waals surface area (Å²) >= 11 is 0. The van der Waals surface area contributed by atoms with Crippen LogP contribution in [0.3, 0.4) is 0 Å². The van der Waals surface area contributed by atoms with E-state index in [1.807, 2.05) is 50.4 Å². The fourth-order valence-electron chi connectivity index (χ4n) is 2.02. The van der Waals surface area contributed by atoms with Gasteiger partial charge in [-0.25, -0.2) is 0 Å². The maximum absolute atomic E-state index is 12.0. The minimum atomic E-state index is -0.493. The van der Waals surface area contributed by atoms with E-state index in [-0.39, 0.29) is 24.2 Å². The van der Waals surface area contributed by atoms with Crippen LogP contribution in [0.25, 0.3) is 0 Å². The van der Waals surface area contributed by atoms with Gasteiger partial charge in [0.2, 0.25) is 5.91 Å². The van der Waals surface area contributed by atoms with Gasteiger partial charge in [-0.2, -0.15) is 5.10 Å². The molecule has 0 saturated heterocycles. The van der Waals surface area contributed by atoms with Gasteiger partial charge in [0.05, 0.1) is 24.5 Å². The van der Waals surface area contributed by atoms with Crippen LogP contribution < -0.4 is 11.1 Å². The van der Waals surface area contributed by atoms with Crippen molar-refractivity contribution in [2.24, 2.45) is 11.7 Å². The quantitative estimate of drug-likeness (QED) is 0.858. The highest BCUT2D eigenvalue weighted by molar-refractivity contribution is 5.94. The van der Waals surface area contributed by atoms with Crippen LogP contribution in [-0.2, 0) is 11.3 Å². The van der Waals surface area contributed by atoms with E-state index in [1.54, 1.807) is 10.9 Å². The first-order chi connectivity index (χ1) is 10.1. The summed E-state index contributed by atoms with van der Waals surface area (Å²) in [5, 5.41) is 7.07. The molecule has 3 N–H and O–H groups in total. The summed E-state index contributed by atoms with van der Waals surface area (Å²) < 4.78 is 1.79. The van der Waals surface area contributed by atoms with Gasteiger partial charge < -0.3 is 11.1 Å². The fraction of sp³-hybridized carbons (Fsp3) is 0.375. The third-order valence-corrected chi connectivity index (χ3v) is 3.65. The smallest absolute Gasteiger partial charge is 0.241 e. The Labute approximate surface area is 137 Å². The molecule has 0 aliphatic carbocycles. The normalized spacial score (nSPS) is 13.0. The third kappa shape index (κ3) is 4.86. The Morgan fingerprint density at radius 1 is 1.36 bits per heavy atom. The van der Waals surface area contributed by atoms with Crippen molar-refractivity contribution in [3.8, 4) is 0 Å². The first-order valence-electron chi connectivity index (χ1n) is 7.23. The van der Waals surface area contributed by atoms with Crippen LogP contribution in [-0.4, -0.2) is 21.7 Å². The number of halogens is 1. The zero-order chi connectivity index (χ0) is 15.2. The summed E-state index contributed by atoms with van der Waals surface area (Å²) in [4.78, 5) is 12.0. The van der Waals surface area contributed by atoms with Crippen molar-refractivity contribution in [1.82, 2.24) is 9.78 Å². The second-order valence-electron chi connectivity index (χ2n) is 5.31. The van der Waals surface area contributed by atoms with Crippen molar-refractivity contribution in [3.63, 3.8) is 0 Å². The van der Waals surface area contributed by atoms with Crippen LogP contribution in [0.2, 0.25) is 0 Å². The minimum Gasteiger partial charge on any atom is -0.322 e. The fourth-order valence-corrected chi connectivity index (χ4v) is 2.02. The Morgan fingerprint density at radius 3 is 2.68 bits per heavy atom. The van der Waals surface area contributed by atoms with Gasteiger partial charge in [0.1, 0.15) is 0 Å². The average molecular weight is 323 g/mol. The monoisotopic (exact) mass is 322 g/mol. The van der Waals surface area contributed by atoms with Crippen LogP contribution >= 0.6 is 12.4 Å². The van der Waals surface area contributed by atoms with E-state index in [2.05, 4.69) is 10.4 Å². The molecule has 1 heterocycles. The number of anilines is 1. The highest BCUT2D eigenvalue weighted by Gasteiger charge is 2.19. The van der Waals surface area contributed by atoms with Crippen molar-refractivity contribution in [2.45, 2.75) is 32.9 Å². The van der Waals surface area contributed by atoms with Gasteiger partial charge in [-0.05, 0) is 11.5 Å². The van der Waals surface area contributed by atoms with Crippen molar-refractivity contribution < 1.29 is 4.79 Å². The molecule has 2 aromatic rings. The molecule has 1 aromatic carbocycles. The minimum absolute atomic E-state index is 0. The lowest BCUT2D eigenvalue weighted by Gasteiger charge is -2.16. The predicted molar refractivity (Wildman–Crippen MR) is 91.1 cm³/mol. The van der Waals surface area contributed by atoms with Gasteiger partial charge in [0.15, 0.2) is 0 Å². The summed E-state index contributed by atoms with van der Waals surface area (Å²) in [6, 6.07) is 9.55. The van der Waals surface area contributed by atoms with Crippen molar-refractivity contribution in [2.75, 3.05) is 5.32 Å². The maximum Gasteiger partial charge on any atom is 0.241 e. The van der Waals surface area contributed by atoms with E-state index in [0.29, 0.717) is 12.2 Å². The summed E-state index contributed by atoms with van der Waals surface area (Å²) in [5.74, 6) is -0.00650. The SMILES string of the molecule is CCC(C)C(N)C(=O)Nc1cnn(Cc2ccccc2)c1.Cl. The molecule has 1 amide bonds. The molecule has 2 unspecified atom stereocenters. The topological polar surface area (TPSA) is 72.9 Å². The summed E-state index contributed by atoms with van der Waals surface area (Å²) in [5.41, 5.74) is 7.75. The van der Waals surface area contributed by atoms with Crippen LogP contribution in [0, 0.1) is 5.92 Å². The lowest BCUT2D eigenvalue weighted by Crippen LogP contribution is -2.40. The van der Waals surface area contributed by atoms with E-state index in [9.17, 15) is 4.79 Å². The molecule has 0 spiro atoms. The summed E-state index contributed by atoms with van der Waals surface area (Å²) in [6.07, 6.45) is 4.33. The number of nitrogens with zero attached hydrogens (tertiary/aromatic N) is 2. The molecule has 0 bridgehead atoms. The van der Waals surface area contributed by atoms with Gasteiger partial charge in [0, 0.05) is 6.20 Å². The Bertz CT molecular complexity index is 585. The number of carbonyl (C=O) groups excluding carboxylic acids is 1. The average Bonchev–Trinajstić information content (AvgIpc) is 2.93. The van der Waals surface area contributed by atoms with E-state index < -0.39 is 6.04 Å². The van der Waals surface area contributed by atoms with Gasteiger partial charge in [0.25, 0.3) is 0 Å². The van der Waals surface area contributed by atoms with Gasteiger partial charge in [-0.15, -0.1) is 12.4 Å². The number of nitrogens with one attached hydrogen (secondary N) is 1. The largest absolute Gasteiger partial charge is 0.322 e. The molecular formula is C16H23ClN4O. The highest BCUT2D eigenvalue weighted by atomic mass is 35.5. The van der Waals surface area contributed by atoms with Crippen LogP contribution in [0.4, 0.5) is 5.69 Å². The Morgan fingerprint density at radius 2 is 2.05 bits per heavy atom. The third-order valence-electron chi connectivity index (χ3n) is 3.65. The molecule has 0 saturated carbocycles. The lowest BCUT2D eigenvalue weighted by atomic mass is 9.99. The van der Waals surface area contributed by atoms with E-state index >= 15 is 0 Å². The molecule has 120 valence electrons. The van der Waals surface area contributed by atoms with E-state index in [4.69, 9.17) is 5.73 Å². The molecule has 0 aliphatic heterocycles. The number of aromatic nitrogens is 2. The summed E-state index contributed by atoms with van der Waals surface area (Å²) in [6.45, 7) is 4.67. The number of hydrogen-bond acceptors (Lipinski definition) is 3. The second kappa shape index (κ2) is 8.56. The first-order valence-corrected chi connectivity index (χ1v) is 7.23. The number of rotatable bonds is 6. The van der Waals surface area contributed by atoms with Crippen molar-refractivity contribution in [1.29, 1.82) is 0 Å². The number of hydrogen-bond donors (Lipinski definition) is 2. The van der Waals surface area contributed by atoms with Crippen LogP contribution in [0.15, 0.2) is 42.7 Å². The summed E-state index contributed by atoms with van der Waals surface area (Å²) in [7, 11) is 0. The van der Waals surface area contributed by atoms with Gasteiger partial charge in [-0.3, -0.25) is 9.48 Å². The molecule has 0 fully saturated rings. The maximum atomic E-state index is 12.0.